The molecule has 0 saturated heterocycles. The topological polar surface area (TPSA) is 97.7 Å². The zero-order valence-electron chi connectivity index (χ0n) is 12.0. The van der Waals surface area contributed by atoms with Crippen LogP contribution < -0.4 is 5.56 Å². The van der Waals surface area contributed by atoms with Gasteiger partial charge in [-0.2, -0.15) is 0 Å². The number of hydrogen-bond donors (Lipinski definition) is 1. The van der Waals surface area contributed by atoms with E-state index >= 15 is 0 Å². The number of rotatable bonds is 3. The summed E-state index contributed by atoms with van der Waals surface area (Å²) in [5.74, 6) is 0.313. The van der Waals surface area contributed by atoms with Crippen LogP contribution >= 0.6 is 12.4 Å². The van der Waals surface area contributed by atoms with Gasteiger partial charge in [0, 0.05) is 36.6 Å². The van der Waals surface area contributed by atoms with Crippen molar-refractivity contribution in [2.45, 2.75) is 4.90 Å². The number of nitrogens with zero attached hydrogens (tertiary/aromatic N) is 3. The van der Waals surface area contributed by atoms with Gasteiger partial charge in [0.25, 0.3) is 5.56 Å². The SMILES string of the molecule is CS(=O)(=O)c1ccc(-n2[nH]cc(-c3cccnc3)c2=O)nc1.Cl. The molecule has 0 aliphatic heterocycles. The standard InChI is InChI=1S/C14H12N4O3S.ClH/c1-22(20,21)11-4-5-13(16-8-11)18-14(19)12(9-17-18)10-3-2-6-15-7-10;/h2-9,17H,1H3;1H. The second-order valence-corrected chi connectivity index (χ2v) is 6.71. The molecule has 0 bridgehead atoms. The smallest absolute Gasteiger partial charge is 0.280 e. The number of aromatic nitrogens is 4. The first-order chi connectivity index (χ1) is 10.5. The lowest BCUT2D eigenvalue weighted by atomic mass is 10.2. The number of halogens is 1. The molecule has 0 aromatic carbocycles. The lowest BCUT2D eigenvalue weighted by Crippen LogP contribution is -2.17. The van der Waals surface area contributed by atoms with Crippen LogP contribution in [0.25, 0.3) is 16.9 Å². The molecular formula is C14H13ClN4O3S. The Hall–Kier alpha value is -2.45. The van der Waals surface area contributed by atoms with E-state index in [1.807, 2.05) is 0 Å². The van der Waals surface area contributed by atoms with E-state index < -0.39 is 9.84 Å². The molecule has 1 N–H and O–H groups in total. The zero-order chi connectivity index (χ0) is 15.7. The van der Waals surface area contributed by atoms with Crippen molar-refractivity contribution in [1.82, 2.24) is 19.7 Å². The fourth-order valence-corrected chi connectivity index (χ4v) is 2.55. The first-order valence-corrected chi connectivity index (χ1v) is 8.23. The van der Waals surface area contributed by atoms with Gasteiger partial charge in [0.05, 0.1) is 10.5 Å². The molecule has 0 amide bonds. The van der Waals surface area contributed by atoms with Crippen molar-refractivity contribution >= 4 is 22.2 Å². The molecule has 9 heteroatoms. The number of nitrogens with one attached hydrogen (secondary N) is 1. The van der Waals surface area contributed by atoms with Crippen LogP contribution in [0.1, 0.15) is 0 Å². The first-order valence-electron chi connectivity index (χ1n) is 6.34. The fraction of sp³-hybridized carbons (Fsp3) is 0.0714. The van der Waals surface area contributed by atoms with Crippen LogP contribution in [-0.4, -0.2) is 34.4 Å². The van der Waals surface area contributed by atoms with Crippen LogP contribution in [-0.2, 0) is 9.84 Å². The van der Waals surface area contributed by atoms with Gasteiger partial charge in [-0.05, 0) is 18.2 Å². The molecule has 3 rings (SSSR count). The minimum Gasteiger partial charge on any atom is -0.296 e. The summed E-state index contributed by atoms with van der Waals surface area (Å²) < 4.78 is 24.1. The minimum atomic E-state index is -3.32. The number of H-pyrrole nitrogens is 1. The summed E-state index contributed by atoms with van der Waals surface area (Å²) >= 11 is 0. The van der Waals surface area contributed by atoms with Crippen molar-refractivity contribution in [3.8, 4) is 16.9 Å². The second kappa shape index (κ2) is 6.35. The average molecular weight is 353 g/mol. The molecule has 120 valence electrons. The Kier molecular flexibility index (Phi) is 4.67. The van der Waals surface area contributed by atoms with Gasteiger partial charge in [-0.25, -0.2) is 18.1 Å². The molecule has 3 heterocycles. The van der Waals surface area contributed by atoms with Gasteiger partial charge in [-0.3, -0.25) is 14.9 Å². The van der Waals surface area contributed by atoms with Crippen LogP contribution in [0.3, 0.4) is 0 Å². The summed E-state index contributed by atoms with van der Waals surface area (Å²) in [4.78, 5) is 20.5. The predicted octanol–water partition coefficient (Wildman–Crippen LogP) is 1.45. The van der Waals surface area contributed by atoms with Gasteiger partial charge >= 0.3 is 0 Å². The van der Waals surface area contributed by atoms with E-state index in [0.717, 1.165) is 6.26 Å². The van der Waals surface area contributed by atoms with E-state index in [4.69, 9.17) is 0 Å². The molecule has 0 saturated carbocycles. The molecule has 0 radical (unpaired) electrons. The highest BCUT2D eigenvalue weighted by Gasteiger charge is 2.12. The van der Waals surface area contributed by atoms with Crippen molar-refractivity contribution in [2.75, 3.05) is 6.26 Å². The maximum atomic E-state index is 12.4. The van der Waals surface area contributed by atoms with Crippen LogP contribution in [0, 0.1) is 0 Å². The number of sulfone groups is 1. The highest BCUT2D eigenvalue weighted by atomic mass is 35.5. The highest BCUT2D eigenvalue weighted by Crippen LogP contribution is 2.14. The molecular weight excluding hydrogens is 340 g/mol. The lowest BCUT2D eigenvalue weighted by Gasteiger charge is -2.02. The van der Waals surface area contributed by atoms with Gasteiger partial charge in [-0.1, -0.05) is 6.07 Å². The third-order valence-corrected chi connectivity index (χ3v) is 4.22. The van der Waals surface area contributed by atoms with Crippen molar-refractivity contribution in [1.29, 1.82) is 0 Å². The molecule has 3 aromatic heterocycles. The summed E-state index contributed by atoms with van der Waals surface area (Å²) in [5.41, 5.74) is 0.866. The van der Waals surface area contributed by atoms with Crippen LogP contribution in [0.2, 0.25) is 0 Å². The molecule has 3 aromatic rings. The molecule has 0 aliphatic rings. The summed E-state index contributed by atoms with van der Waals surface area (Å²) in [6.45, 7) is 0. The molecule has 23 heavy (non-hydrogen) atoms. The van der Waals surface area contributed by atoms with E-state index in [0.29, 0.717) is 16.9 Å². The number of hydrogen-bond acceptors (Lipinski definition) is 5. The minimum absolute atomic E-state index is 0. The van der Waals surface area contributed by atoms with Crippen molar-refractivity contribution < 1.29 is 8.42 Å². The number of pyridine rings is 2. The largest absolute Gasteiger partial charge is 0.296 e. The Morgan fingerprint density at radius 2 is 1.96 bits per heavy atom. The van der Waals surface area contributed by atoms with E-state index in [-0.39, 0.29) is 22.9 Å². The Morgan fingerprint density at radius 1 is 1.17 bits per heavy atom. The summed E-state index contributed by atoms with van der Waals surface area (Å²) in [6.07, 6.45) is 7.10. The summed E-state index contributed by atoms with van der Waals surface area (Å²) in [6, 6.07) is 6.41. The van der Waals surface area contributed by atoms with Gasteiger partial charge < -0.3 is 0 Å². The monoisotopic (exact) mass is 352 g/mol. The van der Waals surface area contributed by atoms with Crippen molar-refractivity contribution in [2.24, 2.45) is 0 Å². The quantitative estimate of drug-likeness (QED) is 0.769. The summed E-state index contributed by atoms with van der Waals surface area (Å²) in [7, 11) is -3.32. The average Bonchev–Trinajstić information content (AvgIpc) is 2.89. The van der Waals surface area contributed by atoms with Crippen molar-refractivity contribution in [3.63, 3.8) is 0 Å². The summed E-state index contributed by atoms with van der Waals surface area (Å²) in [5, 5.41) is 2.81. The normalized spacial score (nSPS) is 11.0. The first kappa shape index (κ1) is 16.9. The Labute approximate surface area is 138 Å². The van der Waals surface area contributed by atoms with E-state index in [2.05, 4.69) is 15.1 Å². The fourth-order valence-electron chi connectivity index (χ4n) is 1.99. The van der Waals surface area contributed by atoms with Gasteiger partial charge in [-0.15, -0.1) is 12.4 Å². The lowest BCUT2D eigenvalue weighted by molar-refractivity contribution is 0.601. The maximum absolute atomic E-state index is 12.4. The number of aromatic amines is 1. The maximum Gasteiger partial charge on any atom is 0.280 e. The Bertz CT molecular complexity index is 963. The Morgan fingerprint density at radius 3 is 2.52 bits per heavy atom. The van der Waals surface area contributed by atoms with E-state index in [9.17, 15) is 13.2 Å². The van der Waals surface area contributed by atoms with Gasteiger partial charge in [0.1, 0.15) is 0 Å². The third kappa shape index (κ3) is 3.33. The second-order valence-electron chi connectivity index (χ2n) is 4.69. The van der Waals surface area contributed by atoms with Crippen LogP contribution in [0.4, 0.5) is 0 Å². The van der Waals surface area contributed by atoms with E-state index in [1.165, 1.54) is 23.0 Å². The van der Waals surface area contributed by atoms with Crippen LogP contribution in [0.5, 0.6) is 0 Å². The Balaban J connectivity index is 0.00000192. The molecule has 0 spiro atoms. The molecule has 0 fully saturated rings. The predicted molar refractivity (Wildman–Crippen MR) is 87.8 cm³/mol. The van der Waals surface area contributed by atoms with Crippen LogP contribution in [0.15, 0.2) is 58.7 Å². The van der Waals surface area contributed by atoms with E-state index in [1.54, 1.807) is 30.7 Å². The van der Waals surface area contributed by atoms with Gasteiger partial charge in [0.2, 0.25) is 0 Å². The van der Waals surface area contributed by atoms with Crippen molar-refractivity contribution in [3.05, 3.63) is 59.4 Å². The molecule has 0 aliphatic carbocycles. The molecule has 0 unspecified atom stereocenters. The zero-order valence-corrected chi connectivity index (χ0v) is 13.6. The third-order valence-electron chi connectivity index (χ3n) is 3.12. The molecule has 0 atom stereocenters. The van der Waals surface area contributed by atoms with Gasteiger partial charge in [0.15, 0.2) is 15.7 Å². The highest BCUT2D eigenvalue weighted by molar-refractivity contribution is 7.90. The molecule has 7 nitrogen and oxygen atoms in total.